The van der Waals surface area contributed by atoms with Gasteiger partial charge in [0, 0.05) is 17.3 Å². The molecule has 128 valence electrons. The highest BCUT2D eigenvalue weighted by Crippen LogP contribution is 2.49. The minimum absolute atomic E-state index is 0.104. The minimum Gasteiger partial charge on any atom is -0.373 e. The molecular weight excluding hydrogens is 342 g/mol. The predicted octanol–water partition coefficient (Wildman–Crippen LogP) is 2.25. The number of anilines is 1. The van der Waals surface area contributed by atoms with Crippen molar-refractivity contribution in [3.8, 4) is 0 Å². The second-order valence-corrected chi connectivity index (χ2v) is 7.29. The molecule has 4 atom stereocenters. The summed E-state index contributed by atoms with van der Waals surface area (Å²) in [6.07, 6.45) is 3.30. The van der Waals surface area contributed by atoms with E-state index in [1.807, 2.05) is 24.3 Å². The summed E-state index contributed by atoms with van der Waals surface area (Å²) in [4.78, 5) is 26.8. The lowest BCUT2D eigenvalue weighted by Crippen LogP contribution is -2.34. The van der Waals surface area contributed by atoms with Crippen molar-refractivity contribution < 1.29 is 14.3 Å². The van der Waals surface area contributed by atoms with Crippen molar-refractivity contribution in [1.29, 1.82) is 0 Å². The highest BCUT2D eigenvalue weighted by Gasteiger charge is 2.63. The normalized spacial score (nSPS) is 30.4. The number of fused-ring (bicyclic) bond motifs is 5. The number of ether oxygens (including phenoxy) is 1. The van der Waals surface area contributed by atoms with Gasteiger partial charge in [0.1, 0.15) is 0 Å². The number of nitrogens with zero attached hydrogens (tertiary/aromatic N) is 3. The fourth-order valence-electron chi connectivity index (χ4n) is 4.27. The van der Waals surface area contributed by atoms with Crippen LogP contribution in [0.1, 0.15) is 18.4 Å². The van der Waals surface area contributed by atoms with Crippen LogP contribution in [-0.4, -0.2) is 33.8 Å². The zero-order chi connectivity index (χ0) is 17.1. The van der Waals surface area contributed by atoms with Gasteiger partial charge in [0.25, 0.3) is 0 Å². The number of amides is 2. The molecule has 7 heteroatoms. The molecule has 5 rings (SSSR count). The van der Waals surface area contributed by atoms with Gasteiger partial charge >= 0.3 is 0 Å². The lowest BCUT2D eigenvalue weighted by atomic mass is 9.81. The van der Waals surface area contributed by atoms with Gasteiger partial charge in [-0.2, -0.15) is 5.10 Å². The first-order chi connectivity index (χ1) is 12.1. The van der Waals surface area contributed by atoms with Gasteiger partial charge in [0.15, 0.2) is 5.82 Å². The Morgan fingerprint density at radius 1 is 1.04 bits per heavy atom. The Kier molecular flexibility index (Phi) is 3.27. The maximum atomic E-state index is 12.8. The van der Waals surface area contributed by atoms with Crippen LogP contribution in [0.4, 0.5) is 5.82 Å². The molecule has 0 aliphatic carbocycles. The van der Waals surface area contributed by atoms with Crippen LogP contribution in [0.3, 0.4) is 0 Å². The molecule has 1 aromatic heterocycles. The first-order valence-corrected chi connectivity index (χ1v) is 8.81. The minimum atomic E-state index is -0.326. The lowest BCUT2D eigenvalue weighted by molar-refractivity contribution is -0.124. The predicted molar refractivity (Wildman–Crippen MR) is 90.1 cm³/mol. The maximum Gasteiger partial charge on any atom is 0.241 e. The summed E-state index contributed by atoms with van der Waals surface area (Å²) in [6.45, 7) is 0.550. The van der Waals surface area contributed by atoms with E-state index in [1.54, 1.807) is 16.9 Å². The van der Waals surface area contributed by atoms with E-state index in [1.165, 1.54) is 4.90 Å². The molecule has 2 amide bonds. The average Bonchev–Trinajstić information content (AvgIpc) is 3.35. The largest absolute Gasteiger partial charge is 0.373 e. The zero-order valence-electron chi connectivity index (χ0n) is 13.3. The molecular formula is C18H16ClN3O3. The van der Waals surface area contributed by atoms with E-state index >= 15 is 0 Å². The molecule has 0 radical (unpaired) electrons. The van der Waals surface area contributed by atoms with Gasteiger partial charge in [0.2, 0.25) is 11.8 Å². The lowest BCUT2D eigenvalue weighted by Gasteiger charge is -2.15. The molecule has 2 aromatic rings. The summed E-state index contributed by atoms with van der Waals surface area (Å²) in [7, 11) is 0. The van der Waals surface area contributed by atoms with Crippen molar-refractivity contribution in [3.63, 3.8) is 0 Å². The molecule has 2 bridgehead atoms. The Bertz CT molecular complexity index is 835. The van der Waals surface area contributed by atoms with Crippen LogP contribution >= 0.6 is 11.6 Å². The van der Waals surface area contributed by atoms with Crippen LogP contribution in [0.5, 0.6) is 0 Å². The van der Waals surface area contributed by atoms with Crippen molar-refractivity contribution in [3.05, 3.63) is 47.1 Å². The monoisotopic (exact) mass is 357 g/mol. The summed E-state index contributed by atoms with van der Waals surface area (Å²) in [5.74, 6) is -0.587. The van der Waals surface area contributed by atoms with Gasteiger partial charge in [-0.05, 0) is 30.5 Å². The third-order valence-electron chi connectivity index (χ3n) is 5.40. The molecule has 3 aliphatic rings. The number of hydrogen-bond acceptors (Lipinski definition) is 4. The summed E-state index contributed by atoms with van der Waals surface area (Å²) in [6, 6.07) is 9.22. The van der Waals surface area contributed by atoms with Crippen LogP contribution in [0.15, 0.2) is 36.5 Å². The summed E-state index contributed by atoms with van der Waals surface area (Å²) in [5.41, 5.74) is 1.04. The molecule has 4 heterocycles. The Labute approximate surface area is 149 Å². The summed E-state index contributed by atoms with van der Waals surface area (Å²) in [5, 5.41) is 5.12. The highest BCUT2D eigenvalue weighted by molar-refractivity contribution is 6.30. The number of benzene rings is 1. The van der Waals surface area contributed by atoms with E-state index in [2.05, 4.69) is 5.10 Å². The molecule has 25 heavy (non-hydrogen) atoms. The first kappa shape index (κ1) is 15.1. The number of imide groups is 1. The fraction of sp³-hybridized carbons (Fsp3) is 0.389. The second-order valence-electron chi connectivity index (χ2n) is 6.85. The topological polar surface area (TPSA) is 64.4 Å². The number of carbonyl (C=O) groups is 2. The molecule has 0 spiro atoms. The van der Waals surface area contributed by atoms with Crippen LogP contribution < -0.4 is 4.90 Å². The Balaban J connectivity index is 1.39. The van der Waals surface area contributed by atoms with Gasteiger partial charge < -0.3 is 4.74 Å². The van der Waals surface area contributed by atoms with E-state index in [9.17, 15) is 9.59 Å². The summed E-state index contributed by atoms with van der Waals surface area (Å²) >= 11 is 5.90. The van der Waals surface area contributed by atoms with E-state index in [0.29, 0.717) is 17.4 Å². The third kappa shape index (κ3) is 2.24. The van der Waals surface area contributed by atoms with Crippen LogP contribution in [0, 0.1) is 11.8 Å². The number of hydrogen-bond donors (Lipinski definition) is 0. The maximum absolute atomic E-state index is 12.8. The average molecular weight is 358 g/mol. The fourth-order valence-corrected chi connectivity index (χ4v) is 4.40. The first-order valence-electron chi connectivity index (χ1n) is 8.43. The van der Waals surface area contributed by atoms with Crippen molar-refractivity contribution in [2.75, 3.05) is 4.90 Å². The molecule has 0 N–H and O–H groups in total. The van der Waals surface area contributed by atoms with Crippen LogP contribution in [0.2, 0.25) is 5.02 Å². The van der Waals surface area contributed by atoms with Crippen molar-refractivity contribution >= 4 is 29.2 Å². The number of halogens is 1. The number of carbonyl (C=O) groups excluding carboxylic acids is 2. The Morgan fingerprint density at radius 3 is 2.32 bits per heavy atom. The van der Waals surface area contributed by atoms with Crippen LogP contribution in [0.25, 0.3) is 0 Å². The van der Waals surface area contributed by atoms with Gasteiger partial charge in [-0.25, -0.2) is 4.90 Å². The van der Waals surface area contributed by atoms with Crippen molar-refractivity contribution in [2.45, 2.75) is 31.6 Å². The van der Waals surface area contributed by atoms with Gasteiger partial charge in [0.05, 0.1) is 30.6 Å². The number of rotatable bonds is 3. The molecule has 0 saturated carbocycles. The standard InChI is InChI=1S/C18H16ClN3O3/c19-11-3-1-10(2-4-11)9-21-8-7-14(20-21)22-17(23)15-12-5-6-13(25-12)16(15)18(22)24/h1-4,7-8,12-13,15-16H,5-6,9H2/t12-,13+,15-,16-/m0/s1. The molecule has 6 nitrogen and oxygen atoms in total. The Hall–Kier alpha value is -2.18. The SMILES string of the molecule is O=C1[C@@H]2[C@@H](C(=O)N1c1ccn(Cc3ccc(Cl)cc3)n1)[C@H]1CC[C@@H]2O1. The second kappa shape index (κ2) is 5.41. The van der Waals surface area contributed by atoms with Gasteiger partial charge in [-0.15, -0.1) is 0 Å². The summed E-state index contributed by atoms with van der Waals surface area (Å²) < 4.78 is 7.47. The quantitative estimate of drug-likeness (QED) is 0.790. The van der Waals surface area contributed by atoms with Gasteiger partial charge in [-0.1, -0.05) is 23.7 Å². The van der Waals surface area contributed by atoms with Crippen molar-refractivity contribution in [2.24, 2.45) is 11.8 Å². The van der Waals surface area contributed by atoms with Crippen molar-refractivity contribution in [1.82, 2.24) is 9.78 Å². The van der Waals surface area contributed by atoms with Crippen LogP contribution in [-0.2, 0) is 20.9 Å². The highest BCUT2D eigenvalue weighted by atomic mass is 35.5. The number of aromatic nitrogens is 2. The third-order valence-corrected chi connectivity index (χ3v) is 5.65. The molecule has 3 fully saturated rings. The van der Waals surface area contributed by atoms with E-state index < -0.39 is 0 Å². The van der Waals surface area contributed by atoms with Gasteiger partial charge in [-0.3, -0.25) is 14.3 Å². The molecule has 1 aromatic carbocycles. The van der Waals surface area contributed by atoms with E-state index in [0.717, 1.165) is 18.4 Å². The zero-order valence-corrected chi connectivity index (χ0v) is 14.1. The smallest absolute Gasteiger partial charge is 0.241 e. The van der Waals surface area contributed by atoms with E-state index in [4.69, 9.17) is 16.3 Å². The molecule has 0 unspecified atom stereocenters. The Morgan fingerprint density at radius 2 is 1.68 bits per heavy atom. The molecule has 3 saturated heterocycles. The molecule has 3 aliphatic heterocycles. The van der Waals surface area contributed by atoms with E-state index in [-0.39, 0.29) is 35.9 Å².